The van der Waals surface area contributed by atoms with E-state index in [-0.39, 0.29) is 6.61 Å². The quantitative estimate of drug-likeness (QED) is 0.891. The van der Waals surface area contributed by atoms with E-state index < -0.39 is 0 Å². The van der Waals surface area contributed by atoms with Gasteiger partial charge in [-0.1, -0.05) is 36.4 Å². The predicted molar refractivity (Wildman–Crippen MR) is 79.6 cm³/mol. The molecule has 1 aliphatic heterocycles. The minimum absolute atomic E-state index is 0.0309. The zero-order chi connectivity index (χ0) is 13.8. The lowest BCUT2D eigenvalue weighted by Crippen LogP contribution is -2.46. The highest BCUT2D eigenvalue weighted by molar-refractivity contribution is 5.47. The second kappa shape index (κ2) is 6.03. The van der Waals surface area contributed by atoms with Crippen molar-refractivity contribution in [2.24, 2.45) is 0 Å². The summed E-state index contributed by atoms with van der Waals surface area (Å²) >= 11 is 0. The van der Waals surface area contributed by atoms with E-state index in [9.17, 15) is 5.11 Å². The van der Waals surface area contributed by atoms with Crippen LogP contribution < -0.4 is 10.2 Å². The summed E-state index contributed by atoms with van der Waals surface area (Å²) in [7, 11) is 0. The molecule has 1 unspecified atom stereocenters. The summed E-state index contributed by atoms with van der Waals surface area (Å²) in [5, 5.41) is 13.0. The Morgan fingerprint density at radius 2 is 2.05 bits per heavy atom. The molecule has 1 aliphatic rings. The number of benzene rings is 1. The number of rotatable bonds is 3. The lowest BCUT2D eigenvalue weighted by atomic mass is 10.0. The van der Waals surface area contributed by atoms with Crippen LogP contribution in [-0.2, 0) is 6.61 Å². The van der Waals surface area contributed by atoms with Gasteiger partial charge in [-0.2, -0.15) is 0 Å². The molecule has 1 atom stereocenters. The fourth-order valence-corrected chi connectivity index (χ4v) is 2.69. The molecule has 4 heteroatoms. The van der Waals surface area contributed by atoms with Crippen LogP contribution in [0.4, 0.5) is 5.82 Å². The smallest absolute Gasteiger partial charge is 0.134 e. The number of anilines is 1. The molecule has 2 aromatic rings. The largest absolute Gasteiger partial charge is 0.392 e. The number of hydrogen-bond donors (Lipinski definition) is 2. The monoisotopic (exact) mass is 269 g/mol. The van der Waals surface area contributed by atoms with E-state index in [0.717, 1.165) is 31.0 Å². The van der Waals surface area contributed by atoms with Crippen LogP contribution >= 0.6 is 0 Å². The fourth-order valence-electron chi connectivity index (χ4n) is 2.69. The average molecular weight is 269 g/mol. The van der Waals surface area contributed by atoms with Crippen molar-refractivity contribution in [2.75, 3.05) is 24.5 Å². The van der Waals surface area contributed by atoms with E-state index >= 15 is 0 Å². The molecule has 4 nitrogen and oxygen atoms in total. The molecule has 1 aromatic heterocycles. The molecule has 0 radical (unpaired) electrons. The van der Waals surface area contributed by atoms with Crippen LogP contribution in [0.2, 0.25) is 0 Å². The van der Waals surface area contributed by atoms with Gasteiger partial charge in [0.2, 0.25) is 0 Å². The molecule has 0 aliphatic carbocycles. The van der Waals surface area contributed by atoms with Crippen LogP contribution in [0.25, 0.3) is 0 Å². The van der Waals surface area contributed by atoms with Crippen LogP contribution in [0, 0.1) is 0 Å². The molecule has 20 heavy (non-hydrogen) atoms. The fraction of sp³-hybridized carbons (Fsp3) is 0.312. The highest BCUT2D eigenvalue weighted by atomic mass is 16.3. The van der Waals surface area contributed by atoms with Crippen LogP contribution in [0.15, 0.2) is 48.7 Å². The first-order valence-electron chi connectivity index (χ1n) is 6.96. The normalized spacial score (nSPS) is 19.1. The average Bonchev–Trinajstić information content (AvgIpc) is 2.56. The molecule has 0 amide bonds. The van der Waals surface area contributed by atoms with Gasteiger partial charge in [-0.05, 0) is 11.6 Å². The molecule has 1 aromatic carbocycles. The number of nitrogens with one attached hydrogen (secondary N) is 1. The predicted octanol–water partition coefficient (Wildman–Crippen LogP) is 1.72. The van der Waals surface area contributed by atoms with Gasteiger partial charge in [0.15, 0.2) is 0 Å². The van der Waals surface area contributed by atoms with Gasteiger partial charge >= 0.3 is 0 Å². The van der Waals surface area contributed by atoms with Gasteiger partial charge in [0.05, 0.1) is 6.61 Å². The third-order valence-electron chi connectivity index (χ3n) is 3.71. The van der Waals surface area contributed by atoms with E-state index in [2.05, 4.69) is 39.5 Å². The van der Waals surface area contributed by atoms with E-state index in [0.29, 0.717) is 6.04 Å². The van der Waals surface area contributed by atoms with Crippen molar-refractivity contribution in [3.63, 3.8) is 0 Å². The Morgan fingerprint density at radius 3 is 2.85 bits per heavy atom. The first-order chi connectivity index (χ1) is 9.88. The molecule has 2 N–H and O–H groups in total. The Kier molecular flexibility index (Phi) is 3.95. The van der Waals surface area contributed by atoms with Gasteiger partial charge in [-0.25, -0.2) is 4.98 Å². The highest BCUT2D eigenvalue weighted by Crippen LogP contribution is 2.23. The molecule has 0 spiro atoms. The van der Waals surface area contributed by atoms with Gasteiger partial charge in [0.1, 0.15) is 5.82 Å². The van der Waals surface area contributed by atoms with Crippen molar-refractivity contribution in [3.05, 3.63) is 59.8 Å². The van der Waals surface area contributed by atoms with Crippen molar-refractivity contribution < 1.29 is 5.11 Å². The van der Waals surface area contributed by atoms with E-state index in [4.69, 9.17) is 0 Å². The number of aliphatic hydroxyl groups is 1. The summed E-state index contributed by atoms with van der Waals surface area (Å²) in [6.07, 6.45) is 1.79. The van der Waals surface area contributed by atoms with Gasteiger partial charge < -0.3 is 15.3 Å². The standard InChI is InChI=1S/C16H19N3O/c20-12-14-7-4-8-18-16(14)19-10-9-17-15(11-19)13-5-2-1-3-6-13/h1-8,15,17,20H,9-12H2. The Balaban J connectivity index is 1.82. The summed E-state index contributed by atoms with van der Waals surface area (Å²) in [6.45, 7) is 2.73. The summed E-state index contributed by atoms with van der Waals surface area (Å²) in [5.74, 6) is 0.900. The topological polar surface area (TPSA) is 48.4 Å². The van der Waals surface area contributed by atoms with Crippen LogP contribution in [0.5, 0.6) is 0 Å². The van der Waals surface area contributed by atoms with Crippen molar-refractivity contribution in [1.29, 1.82) is 0 Å². The molecular formula is C16H19N3O. The molecule has 0 bridgehead atoms. The number of aliphatic hydroxyl groups excluding tert-OH is 1. The minimum atomic E-state index is 0.0309. The maximum atomic E-state index is 9.45. The van der Waals surface area contributed by atoms with E-state index in [1.807, 2.05) is 18.2 Å². The summed E-state index contributed by atoms with van der Waals surface area (Å²) in [4.78, 5) is 6.69. The molecular weight excluding hydrogens is 250 g/mol. The second-order valence-electron chi connectivity index (χ2n) is 5.01. The zero-order valence-corrected chi connectivity index (χ0v) is 11.4. The van der Waals surface area contributed by atoms with E-state index in [1.54, 1.807) is 6.20 Å². The molecule has 3 rings (SSSR count). The van der Waals surface area contributed by atoms with E-state index in [1.165, 1.54) is 5.56 Å². The minimum Gasteiger partial charge on any atom is -0.392 e. The van der Waals surface area contributed by atoms with Crippen molar-refractivity contribution in [2.45, 2.75) is 12.6 Å². The van der Waals surface area contributed by atoms with Crippen molar-refractivity contribution in [1.82, 2.24) is 10.3 Å². The number of piperazine rings is 1. The van der Waals surface area contributed by atoms with Crippen molar-refractivity contribution in [3.8, 4) is 0 Å². The van der Waals surface area contributed by atoms with Gasteiger partial charge in [0.25, 0.3) is 0 Å². The van der Waals surface area contributed by atoms with Gasteiger partial charge in [-0.3, -0.25) is 0 Å². The Bertz CT molecular complexity index is 559. The molecule has 2 heterocycles. The molecule has 0 saturated carbocycles. The Labute approximate surface area is 119 Å². The maximum Gasteiger partial charge on any atom is 0.134 e. The summed E-state index contributed by atoms with van der Waals surface area (Å²) < 4.78 is 0. The van der Waals surface area contributed by atoms with Crippen molar-refractivity contribution >= 4 is 5.82 Å². The number of nitrogens with zero attached hydrogens (tertiary/aromatic N) is 2. The zero-order valence-electron chi connectivity index (χ0n) is 11.4. The van der Waals surface area contributed by atoms with Crippen LogP contribution in [0.1, 0.15) is 17.2 Å². The van der Waals surface area contributed by atoms with Crippen LogP contribution in [0.3, 0.4) is 0 Å². The third-order valence-corrected chi connectivity index (χ3v) is 3.71. The third kappa shape index (κ3) is 2.66. The summed E-state index contributed by atoms with van der Waals surface area (Å²) in [5.41, 5.74) is 2.18. The van der Waals surface area contributed by atoms with Gasteiger partial charge in [-0.15, -0.1) is 0 Å². The number of pyridine rings is 1. The molecule has 1 saturated heterocycles. The Morgan fingerprint density at radius 1 is 1.20 bits per heavy atom. The first-order valence-corrected chi connectivity index (χ1v) is 6.96. The van der Waals surface area contributed by atoms with Crippen LogP contribution in [-0.4, -0.2) is 29.7 Å². The molecule has 104 valence electrons. The Hall–Kier alpha value is -1.91. The number of hydrogen-bond acceptors (Lipinski definition) is 4. The highest BCUT2D eigenvalue weighted by Gasteiger charge is 2.22. The molecule has 1 fully saturated rings. The lowest BCUT2D eigenvalue weighted by molar-refractivity contribution is 0.281. The van der Waals surface area contributed by atoms with Gasteiger partial charge in [0, 0.05) is 37.4 Å². The maximum absolute atomic E-state index is 9.45. The first kappa shape index (κ1) is 13.1. The SMILES string of the molecule is OCc1cccnc1N1CCNC(c2ccccc2)C1. The number of aromatic nitrogens is 1. The lowest BCUT2D eigenvalue weighted by Gasteiger charge is -2.35. The second-order valence-corrected chi connectivity index (χ2v) is 5.01. The summed E-state index contributed by atoms with van der Waals surface area (Å²) in [6, 6.07) is 14.6.